The monoisotopic (exact) mass is 385 g/mol. The van der Waals surface area contributed by atoms with Crippen molar-refractivity contribution in [3.05, 3.63) is 30.3 Å². The van der Waals surface area contributed by atoms with Crippen molar-refractivity contribution in [1.29, 1.82) is 0 Å². The molecule has 8 heteroatoms. The van der Waals surface area contributed by atoms with Crippen LogP contribution in [0.5, 0.6) is 5.75 Å². The molecule has 0 bridgehead atoms. The van der Waals surface area contributed by atoms with Gasteiger partial charge in [0.05, 0.1) is 18.0 Å². The predicted octanol–water partition coefficient (Wildman–Crippen LogP) is 1.90. The number of rotatable bonds is 7. The molecule has 150 valence electrons. The number of carbonyl (C=O) groups is 1. The van der Waals surface area contributed by atoms with Gasteiger partial charge in [0.1, 0.15) is 5.75 Å². The summed E-state index contributed by atoms with van der Waals surface area (Å²) < 4.78 is 4.97. The number of hydrogen-bond donors (Lipinski definition) is 2. The summed E-state index contributed by atoms with van der Waals surface area (Å²) in [6, 6.07) is 8.93. The first kappa shape index (κ1) is 19.9. The maximum absolute atomic E-state index is 11.4. The van der Waals surface area contributed by atoms with Gasteiger partial charge < -0.3 is 20.5 Å². The third kappa shape index (κ3) is 4.89. The molecule has 0 aliphatic carbocycles. The van der Waals surface area contributed by atoms with E-state index in [0.29, 0.717) is 30.1 Å². The van der Waals surface area contributed by atoms with Crippen molar-refractivity contribution < 1.29 is 14.6 Å². The van der Waals surface area contributed by atoms with Crippen LogP contribution in [0.2, 0.25) is 0 Å². The minimum absolute atomic E-state index is 0.131. The van der Waals surface area contributed by atoms with Gasteiger partial charge in [0.15, 0.2) is 5.82 Å². The smallest absolute Gasteiger partial charge is 0.305 e. The summed E-state index contributed by atoms with van der Waals surface area (Å²) in [5.74, 6) is 0.419. The van der Waals surface area contributed by atoms with Crippen LogP contribution >= 0.6 is 0 Å². The van der Waals surface area contributed by atoms with Crippen molar-refractivity contribution in [3.63, 3.8) is 0 Å². The number of nitrogens with zero attached hydrogens (tertiary/aromatic N) is 4. The lowest BCUT2D eigenvalue weighted by molar-refractivity contribution is -0.143. The fourth-order valence-electron chi connectivity index (χ4n) is 3.36. The normalized spacial score (nSPS) is 14.8. The Balaban J connectivity index is 1.59. The lowest BCUT2D eigenvalue weighted by Gasteiger charge is -2.36. The van der Waals surface area contributed by atoms with Crippen molar-refractivity contribution in [3.8, 4) is 17.0 Å². The van der Waals surface area contributed by atoms with E-state index in [9.17, 15) is 9.90 Å². The fourth-order valence-corrected chi connectivity index (χ4v) is 3.36. The molecule has 2 aromatic rings. The average molecular weight is 385 g/mol. The molecule has 0 amide bonds. The number of hydrogen-bond acceptors (Lipinski definition) is 8. The van der Waals surface area contributed by atoms with Gasteiger partial charge in [-0.1, -0.05) is 12.1 Å². The number of carbonyl (C=O) groups excluding carboxylic acids is 1. The lowest BCUT2D eigenvalue weighted by Crippen LogP contribution is -2.47. The molecular weight excluding hydrogens is 358 g/mol. The highest BCUT2D eigenvalue weighted by molar-refractivity contribution is 5.74. The molecule has 0 saturated carbocycles. The molecule has 1 aromatic heterocycles. The summed E-state index contributed by atoms with van der Waals surface area (Å²) in [6.07, 6.45) is 1.26. The number of ether oxygens (including phenoxy) is 1. The summed E-state index contributed by atoms with van der Waals surface area (Å²) in [4.78, 5) is 16.0. The molecule has 1 aliphatic rings. The Bertz CT molecular complexity index is 806. The van der Waals surface area contributed by atoms with Gasteiger partial charge in [-0.3, -0.25) is 9.69 Å². The average Bonchev–Trinajstić information content (AvgIpc) is 2.70. The number of benzene rings is 1. The second kappa shape index (κ2) is 9.36. The van der Waals surface area contributed by atoms with Crippen LogP contribution in [0.3, 0.4) is 0 Å². The molecule has 0 atom stereocenters. The van der Waals surface area contributed by atoms with Crippen LogP contribution in [0.15, 0.2) is 30.3 Å². The summed E-state index contributed by atoms with van der Waals surface area (Å²) in [5.41, 5.74) is 8.13. The molecule has 0 unspecified atom stereocenters. The van der Waals surface area contributed by atoms with E-state index in [0.717, 1.165) is 44.8 Å². The van der Waals surface area contributed by atoms with E-state index in [4.69, 9.17) is 10.5 Å². The number of aromatic hydroxyl groups is 1. The zero-order valence-corrected chi connectivity index (χ0v) is 16.2. The molecule has 28 heavy (non-hydrogen) atoms. The van der Waals surface area contributed by atoms with Crippen LogP contribution < -0.4 is 10.6 Å². The summed E-state index contributed by atoms with van der Waals surface area (Å²) in [5, 5.41) is 18.3. The molecule has 0 radical (unpaired) electrons. The fraction of sp³-hybridized carbons (Fsp3) is 0.450. The summed E-state index contributed by atoms with van der Waals surface area (Å²) in [7, 11) is 0. The highest BCUT2D eigenvalue weighted by Gasteiger charge is 2.20. The maximum atomic E-state index is 11.4. The van der Waals surface area contributed by atoms with Crippen LogP contribution in [-0.2, 0) is 9.53 Å². The molecule has 1 fully saturated rings. The molecule has 1 aromatic carbocycles. The molecular formula is C20H27N5O3. The number of aromatic nitrogens is 2. The van der Waals surface area contributed by atoms with Crippen molar-refractivity contribution in [2.24, 2.45) is 0 Å². The van der Waals surface area contributed by atoms with Crippen molar-refractivity contribution in [2.45, 2.75) is 19.8 Å². The zero-order chi connectivity index (χ0) is 19.9. The number of anilines is 2. The summed E-state index contributed by atoms with van der Waals surface area (Å²) in [6.45, 7) is 6.53. The molecule has 1 aliphatic heterocycles. The largest absolute Gasteiger partial charge is 0.507 e. The number of esters is 1. The van der Waals surface area contributed by atoms with Gasteiger partial charge in [-0.25, -0.2) is 0 Å². The third-order valence-corrected chi connectivity index (χ3v) is 4.85. The third-order valence-electron chi connectivity index (χ3n) is 4.85. The van der Waals surface area contributed by atoms with E-state index in [1.807, 2.05) is 19.1 Å². The van der Waals surface area contributed by atoms with Gasteiger partial charge >= 0.3 is 5.97 Å². The van der Waals surface area contributed by atoms with E-state index in [-0.39, 0.29) is 11.7 Å². The van der Waals surface area contributed by atoms with Gasteiger partial charge in [-0.15, -0.1) is 10.2 Å². The van der Waals surface area contributed by atoms with Crippen LogP contribution in [0, 0.1) is 0 Å². The Kier molecular flexibility index (Phi) is 6.65. The standard InChI is InChI=1S/C20H27N5O3/c1-2-28-19(27)8-5-9-24-10-12-25(13-11-24)17-14-16(22-23-20(17)21)15-6-3-4-7-18(15)26/h3-4,6-7,14,26H,2,5,8-13H2,1H3,(H2,21,23). The Morgan fingerprint density at radius 1 is 1.21 bits per heavy atom. The van der Waals surface area contributed by atoms with Crippen LogP contribution in [0.25, 0.3) is 11.3 Å². The minimum Gasteiger partial charge on any atom is -0.507 e. The molecule has 2 heterocycles. The van der Waals surface area contributed by atoms with E-state index in [2.05, 4.69) is 20.0 Å². The zero-order valence-electron chi connectivity index (χ0n) is 16.2. The van der Waals surface area contributed by atoms with Gasteiger partial charge in [0.2, 0.25) is 0 Å². The number of phenolic OH excluding ortho intramolecular Hbond substituents is 1. The lowest BCUT2D eigenvalue weighted by atomic mass is 10.1. The first-order valence-corrected chi connectivity index (χ1v) is 9.63. The van der Waals surface area contributed by atoms with Crippen molar-refractivity contribution in [2.75, 3.05) is 50.0 Å². The number of para-hydroxylation sites is 1. The number of phenols is 1. The first-order chi connectivity index (χ1) is 13.6. The Labute approximate surface area is 164 Å². The SMILES string of the molecule is CCOC(=O)CCCN1CCN(c2cc(-c3ccccc3O)nnc2N)CC1. The van der Waals surface area contributed by atoms with E-state index >= 15 is 0 Å². The molecule has 3 N–H and O–H groups in total. The highest BCUT2D eigenvalue weighted by atomic mass is 16.5. The van der Waals surface area contributed by atoms with Gasteiger partial charge in [0.25, 0.3) is 0 Å². The van der Waals surface area contributed by atoms with E-state index in [1.165, 1.54) is 0 Å². The van der Waals surface area contributed by atoms with Crippen LogP contribution in [-0.4, -0.2) is 65.5 Å². The molecule has 1 saturated heterocycles. The van der Waals surface area contributed by atoms with Gasteiger partial charge in [-0.2, -0.15) is 0 Å². The quantitative estimate of drug-likeness (QED) is 0.696. The summed E-state index contributed by atoms with van der Waals surface area (Å²) >= 11 is 0. The van der Waals surface area contributed by atoms with Gasteiger partial charge in [0, 0.05) is 38.2 Å². The van der Waals surface area contributed by atoms with Crippen LogP contribution in [0.1, 0.15) is 19.8 Å². The van der Waals surface area contributed by atoms with Gasteiger partial charge in [-0.05, 0) is 38.1 Å². The molecule has 0 spiro atoms. The van der Waals surface area contributed by atoms with Crippen LogP contribution in [0.4, 0.5) is 11.5 Å². The van der Waals surface area contributed by atoms with Crippen molar-refractivity contribution in [1.82, 2.24) is 15.1 Å². The highest BCUT2D eigenvalue weighted by Crippen LogP contribution is 2.31. The Morgan fingerprint density at radius 2 is 1.96 bits per heavy atom. The number of nitrogens with two attached hydrogens (primary N) is 1. The maximum Gasteiger partial charge on any atom is 0.305 e. The Hall–Kier alpha value is -2.87. The van der Waals surface area contributed by atoms with E-state index in [1.54, 1.807) is 18.2 Å². The molecule has 3 rings (SSSR count). The predicted molar refractivity (Wildman–Crippen MR) is 108 cm³/mol. The Morgan fingerprint density at radius 3 is 2.68 bits per heavy atom. The first-order valence-electron chi connectivity index (χ1n) is 9.63. The molecule has 8 nitrogen and oxygen atoms in total. The number of piperazine rings is 1. The topological polar surface area (TPSA) is 105 Å². The number of nitrogen functional groups attached to an aromatic ring is 1. The minimum atomic E-state index is -0.131. The van der Waals surface area contributed by atoms with E-state index < -0.39 is 0 Å². The second-order valence-electron chi connectivity index (χ2n) is 6.75. The van der Waals surface area contributed by atoms with Crippen molar-refractivity contribution >= 4 is 17.5 Å². The second-order valence-corrected chi connectivity index (χ2v) is 6.75.